The Balaban J connectivity index is 2.02. The summed E-state index contributed by atoms with van der Waals surface area (Å²) in [6.07, 6.45) is 3.41. The van der Waals surface area contributed by atoms with E-state index in [0.29, 0.717) is 11.4 Å². The lowest BCUT2D eigenvalue weighted by Gasteiger charge is -2.16. The minimum absolute atomic E-state index is 0.107. The number of hydrogen-bond acceptors (Lipinski definition) is 3. The number of amides is 2. The summed E-state index contributed by atoms with van der Waals surface area (Å²) in [5, 5.41) is 5.68. The van der Waals surface area contributed by atoms with Crippen LogP contribution in [0.2, 0.25) is 0 Å². The number of urea groups is 1. The second-order valence-electron chi connectivity index (χ2n) is 4.80. The van der Waals surface area contributed by atoms with E-state index < -0.39 is 0 Å². The number of carbonyl (C=O) groups is 1. The van der Waals surface area contributed by atoms with Crippen molar-refractivity contribution >= 4 is 11.7 Å². The highest BCUT2D eigenvalue weighted by Crippen LogP contribution is 2.25. The van der Waals surface area contributed by atoms with Gasteiger partial charge in [0.1, 0.15) is 5.75 Å². The molecule has 0 saturated carbocycles. The number of aromatic nitrogens is 1. The molecule has 0 aliphatic rings. The Morgan fingerprint density at radius 2 is 1.95 bits per heavy atom. The van der Waals surface area contributed by atoms with Crippen molar-refractivity contribution in [3.63, 3.8) is 0 Å². The number of pyridine rings is 1. The monoisotopic (exact) mass is 285 g/mol. The van der Waals surface area contributed by atoms with Crippen LogP contribution >= 0.6 is 0 Å². The Morgan fingerprint density at radius 3 is 2.62 bits per heavy atom. The molecule has 1 aromatic heterocycles. The number of nitrogens with one attached hydrogen (secondary N) is 2. The molecule has 2 aromatic rings. The van der Waals surface area contributed by atoms with Crippen molar-refractivity contribution in [3.05, 3.63) is 53.9 Å². The molecule has 0 bridgehead atoms. The van der Waals surface area contributed by atoms with Crippen molar-refractivity contribution in [1.29, 1.82) is 0 Å². The molecular weight excluding hydrogens is 266 g/mol. The lowest BCUT2D eigenvalue weighted by molar-refractivity contribution is 0.249. The van der Waals surface area contributed by atoms with Gasteiger partial charge in [-0.15, -0.1) is 0 Å². The van der Waals surface area contributed by atoms with E-state index in [9.17, 15) is 4.79 Å². The molecule has 0 aliphatic carbocycles. The SMILES string of the molecule is COc1cc(C)ccc1NC(=O)NC(C)c1ccncc1. The third-order valence-corrected chi connectivity index (χ3v) is 3.16. The average molecular weight is 285 g/mol. The Morgan fingerprint density at radius 1 is 1.24 bits per heavy atom. The van der Waals surface area contributed by atoms with Crippen LogP contribution in [0.15, 0.2) is 42.7 Å². The van der Waals surface area contributed by atoms with Crippen molar-refractivity contribution in [2.45, 2.75) is 19.9 Å². The van der Waals surface area contributed by atoms with E-state index in [2.05, 4.69) is 15.6 Å². The van der Waals surface area contributed by atoms with Crippen LogP contribution in [0.25, 0.3) is 0 Å². The average Bonchev–Trinajstić information content (AvgIpc) is 2.49. The number of methoxy groups -OCH3 is 1. The first-order chi connectivity index (χ1) is 10.1. The van der Waals surface area contributed by atoms with Gasteiger partial charge >= 0.3 is 6.03 Å². The maximum atomic E-state index is 12.1. The first kappa shape index (κ1) is 14.8. The summed E-state index contributed by atoms with van der Waals surface area (Å²) in [6, 6.07) is 8.98. The number of benzene rings is 1. The molecule has 0 radical (unpaired) electrons. The number of nitrogens with zero attached hydrogens (tertiary/aromatic N) is 1. The van der Waals surface area contributed by atoms with Crippen LogP contribution in [0.3, 0.4) is 0 Å². The summed E-state index contributed by atoms with van der Waals surface area (Å²) in [4.78, 5) is 16.0. The maximum Gasteiger partial charge on any atom is 0.319 e. The van der Waals surface area contributed by atoms with Crippen LogP contribution in [0.1, 0.15) is 24.1 Å². The second kappa shape index (κ2) is 6.74. The summed E-state index contributed by atoms with van der Waals surface area (Å²) in [5.41, 5.74) is 2.71. The van der Waals surface area contributed by atoms with Crippen LogP contribution in [0, 0.1) is 6.92 Å². The van der Waals surface area contributed by atoms with Gasteiger partial charge in [-0.1, -0.05) is 6.07 Å². The summed E-state index contributed by atoms with van der Waals surface area (Å²) in [6.45, 7) is 3.89. The third kappa shape index (κ3) is 3.95. The van der Waals surface area contributed by atoms with Gasteiger partial charge in [-0.05, 0) is 49.2 Å². The number of rotatable bonds is 4. The first-order valence-electron chi connectivity index (χ1n) is 6.72. The third-order valence-electron chi connectivity index (χ3n) is 3.16. The summed E-state index contributed by atoms with van der Waals surface area (Å²) in [5.74, 6) is 0.640. The van der Waals surface area contributed by atoms with E-state index in [4.69, 9.17) is 4.74 Å². The molecule has 2 amide bonds. The minimum atomic E-state index is -0.276. The molecule has 5 heteroatoms. The van der Waals surface area contributed by atoms with Crippen LogP contribution in [0.4, 0.5) is 10.5 Å². The molecule has 1 unspecified atom stereocenters. The van der Waals surface area contributed by atoms with Crippen LogP contribution in [0.5, 0.6) is 5.75 Å². The van der Waals surface area contributed by atoms with Gasteiger partial charge in [0.2, 0.25) is 0 Å². The highest BCUT2D eigenvalue weighted by molar-refractivity contribution is 5.91. The molecule has 0 saturated heterocycles. The summed E-state index contributed by atoms with van der Waals surface area (Å²) < 4.78 is 5.27. The fourth-order valence-electron chi connectivity index (χ4n) is 1.99. The van der Waals surface area contributed by atoms with Gasteiger partial charge in [0, 0.05) is 12.4 Å². The topological polar surface area (TPSA) is 63.2 Å². The summed E-state index contributed by atoms with van der Waals surface area (Å²) in [7, 11) is 1.58. The first-order valence-corrected chi connectivity index (χ1v) is 6.72. The Kier molecular flexibility index (Phi) is 4.77. The van der Waals surface area contributed by atoms with Crippen molar-refractivity contribution in [3.8, 4) is 5.75 Å². The Bertz CT molecular complexity index is 614. The predicted octanol–water partition coefficient (Wildman–Crippen LogP) is 3.28. The fraction of sp³-hybridized carbons (Fsp3) is 0.250. The molecule has 1 heterocycles. The zero-order valence-electron chi connectivity index (χ0n) is 12.4. The summed E-state index contributed by atoms with van der Waals surface area (Å²) >= 11 is 0. The molecule has 21 heavy (non-hydrogen) atoms. The van der Waals surface area contributed by atoms with E-state index in [1.165, 1.54) is 0 Å². The molecule has 2 rings (SSSR count). The Hall–Kier alpha value is -2.56. The number of ether oxygens (including phenoxy) is 1. The zero-order valence-corrected chi connectivity index (χ0v) is 12.4. The lowest BCUT2D eigenvalue weighted by Crippen LogP contribution is -2.31. The van der Waals surface area contributed by atoms with Crippen LogP contribution in [-0.2, 0) is 0 Å². The van der Waals surface area contributed by atoms with Crippen molar-refractivity contribution in [1.82, 2.24) is 10.3 Å². The molecule has 0 fully saturated rings. The van der Waals surface area contributed by atoms with Gasteiger partial charge in [-0.2, -0.15) is 0 Å². The van der Waals surface area contributed by atoms with Crippen molar-refractivity contribution < 1.29 is 9.53 Å². The van der Waals surface area contributed by atoms with Crippen molar-refractivity contribution in [2.75, 3.05) is 12.4 Å². The number of carbonyl (C=O) groups excluding carboxylic acids is 1. The van der Waals surface area contributed by atoms with Gasteiger partial charge in [0.15, 0.2) is 0 Å². The van der Waals surface area contributed by atoms with Crippen LogP contribution < -0.4 is 15.4 Å². The molecule has 110 valence electrons. The number of hydrogen-bond donors (Lipinski definition) is 2. The van der Waals surface area contributed by atoms with Gasteiger partial charge in [-0.3, -0.25) is 4.98 Å². The molecule has 1 aromatic carbocycles. The van der Waals surface area contributed by atoms with Gasteiger partial charge in [0.25, 0.3) is 0 Å². The Labute approximate surface area is 124 Å². The smallest absolute Gasteiger partial charge is 0.319 e. The largest absolute Gasteiger partial charge is 0.495 e. The van der Waals surface area contributed by atoms with E-state index in [1.807, 2.05) is 44.2 Å². The maximum absolute atomic E-state index is 12.1. The van der Waals surface area contributed by atoms with Gasteiger partial charge in [0.05, 0.1) is 18.8 Å². The lowest BCUT2D eigenvalue weighted by atomic mass is 10.1. The fourth-order valence-corrected chi connectivity index (χ4v) is 1.99. The zero-order chi connectivity index (χ0) is 15.2. The molecule has 2 N–H and O–H groups in total. The van der Waals surface area contributed by atoms with E-state index >= 15 is 0 Å². The molecule has 1 atom stereocenters. The predicted molar refractivity (Wildman–Crippen MR) is 82.5 cm³/mol. The molecule has 0 aliphatic heterocycles. The molecule has 5 nitrogen and oxygen atoms in total. The number of anilines is 1. The van der Waals surface area contributed by atoms with Crippen molar-refractivity contribution in [2.24, 2.45) is 0 Å². The van der Waals surface area contributed by atoms with E-state index in [0.717, 1.165) is 11.1 Å². The van der Waals surface area contributed by atoms with Gasteiger partial charge < -0.3 is 15.4 Å². The number of aryl methyl sites for hydroxylation is 1. The second-order valence-corrected chi connectivity index (χ2v) is 4.80. The minimum Gasteiger partial charge on any atom is -0.495 e. The van der Waals surface area contributed by atoms with Crippen LogP contribution in [-0.4, -0.2) is 18.1 Å². The van der Waals surface area contributed by atoms with E-state index in [1.54, 1.807) is 19.5 Å². The normalized spacial score (nSPS) is 11.6. The highest BCUT2D eigenvalue weighted by Gasteiger charge is 2.11. The van der Waals surface area contributed by atoms with Gasteiger partial charge in [-0.25, -0.2) is 4.79 Å². The molecule has 0 spiro atoms. The quantitative estimate of drug-likeness (QED) is 0.906. The molecular formula is C16H19N3O2. The van der Waals surface area contributed by atoms with E-state index in [-0.39, 0.29) is 12.1 Å². The standard InChI is InChI=1S/C16H19N3O2/c1-11-4-5-14(15(10-11)21-3)19-16(20)18-12(2)13-6-8-17-9-7-13/h4-10,12H,1-3H3,(H2,18,19,20). The highest BCUT2D eigenvalue weighted by atomic mass is 16.5.